The van der Waals surface area contributed by atoms with Crippen LogP contribution in [0.2, 0.25) is 0 Å². The maximum absolute atomic E-state index is 5.63. The molecule has 156 valence electrons. The predicted molar refractivity (Wildman–Crippen MR) is 116 cm³/mol. The summed E-state index contributed by atoms with van der Waals surface area (Å²) in [5, 5.41) is 3.40. The van der Waals surface area contributed by atoms with Gasteiger partial charge in [0.25, 0.3) is 0 Å². The number of hydrogen-bond donors (Lipinski definition) is 1. The van der Waals surface area contributed by atoms with Gasteiger partial charge in [0, 0.05) is 25.7 Å². The number of methoxy groups -OCH3 is 2. The van der Waals surface area contributed by atoms with Crippen molar-refractivity contribution in [2.45, 2.75) is 19.5 Å². The van der Waals surface area contributed by atoms with Crippen molar-refractivity contribution in [3.63, 3.8) is 0 Å². The maximum Gasteiger partial charge on any atom is 0.226 e. The SMILES string of the molecule is CN=C(NCc1coc(-c2ccccc2)n1)N1CCc2cc(OC)c(OC)cc2C1. The molecule has 0 aliphatic carbocycles. The van der Waals surface area contributed by atoms with E-state index < -0.39 is 0 Å². The van der Waals surface area contributed by atoms with Gasteiger partial charge in [-0.1, -0.05) is 18.2 Å². The number of fused-ring (bicyclic) bond motifs is 1. The smallest absolute Gasteiger partial charge is 0.226 e. The van der Waals surface area contributed by atoms with Gasteiger partial charge in [-0.2, -0.15) is 0 Å². The molecule has 2 aromatic carbocycles. The van der Waals surface area contributed by atoms with E-state index in [-0.39, 0.29) is 0 Å². The zero-order chi connectivity index (χ0) is 20.9. The van der Waals surface area contributed by atoms with Crippen molar-refractivity contribution in [2.24, 2.45) is 4.99 Å². The molecule has 1 aliphatic heterocycles. The molecule has 0 saturated carbocycles. The minimum absolute atomic E-state index is 0.540. The Morgan fingerprint density at radius 2 is 1.87 bits per heavy atom. The zero-order valence-corrected chi connectivity index (χ0v) is 17.5. The summed E-state index contributed by atoms with van der Waals surface area (Å²) in [4.78, 5) is 11.3. The lowest BCUT2D eigenvalue weighted by Gasteiger charge is -2.32. The average molecular weight is 406 g/mol. The monoisotopic (exact) mass is 406 g/mol. The second-order valence-electron chi connectivity index (χ2n) is 7.06. The largest absolute Gasteiger partial charge is 0.493 e. The van der Waals surface area contributed by atoms with E-state index in [0.717, 1.165) is 48.2 Å². The van der Waals surface area contributed by atoms with Crippen LogP contribution in [-0.2, 0) is 19.5 Å². The highest BCUT2D eigenvalue weighted by atomic mass is 16.5. The first kappa shape index (κ1) is 19.8. The number of rotatable bonds is 5. The van der Waals surface area contributed by atoms with Crippen LogP contribution in [0.15, 0.2) is 58.1 Å². The van der Waals surface area contributed by atoms with Crippen LogP contribution in [0.3, 0.4) is 0 Å². The molecule has 1 N–H and O–H groups in total. The lowest BCUT2D eigenvalue weighted by Crippen LogP contribution is -2.43. The fourth-order valence-corrected chi connectivity index (χ4v) is 3.67. The molecule has 30 heavy (non-hydrogen) atoms. The maximum atomic E-state index is 5.63. The highest BCUT2D eigenvalue weighted by Gasteiger charge is 2.22. The van der Waals surface area contributed by atoms with E-state index in [2.05, 4.69) is 32.3 Å². The number of aliphatic imine (C=N–C) groups is 1. The summed E-state index contributed by atoms with van der Waals surface area (Å²) < 4.78 is 16.5. The number of benzene rings is 2. The van der Waals surface area contributed by atoms with Gasteiger partial charge in [0.15, 0.2) is 17.5 Å². The van der Waals surface area contributed by atoms with Crippen molar-refractivity contribution in [2.75, 3.05) is 27.8 Å². The van der Waals surface area contributed by atoms with Gasteiger partial charge in [-0.25, -0.2) is 4.98 Å². The van der Waals surface area contributed by atoms with Gasteiger partial charge in [-0.15, -0.1) is 0 Å². The minimum Gasteiger partial charge on any atom is -0.493 e. The standard InChI is InChI=1S/C23H26N4O3/c1-24-23(25-13-19-15-30-22(26-19)16-7-5-4-6-8-16)27-10-9-17-11-20(28-2)21(29-3)12-18(17)14-27/h4-8,11-12,15H,9-10,13-14H2,1-3H3,(H,24,25). The van der Waals surface area contributed by atoms with Crippen LogP contribution in [0, 0.1) is 0 Å². The third kappa shape index (κ3) is 4.10. The Bertz CT molecular complexity index is 1030. The summed E-state index contributed by atoms with van der Waals surface area (Å²) in [6.45, 7) is 2.16. The van der Waals surface area contributed by atoms with Crippen molar-refractivity contribution in [3.05, 3.63) is 65.5 Å². The Morgan fingerprint density at radius 3 is 2.57 bits per heavy atom. The van der Waals surface area contributed by atoms with Crippen molar-refractivity contribution < 1.29 is 13.9 Å². The van der Waals surface area contributed by atoms with Crippen LogP contribution in [0.4, 0.5) is 0 Å². The number of oxazole rings is 1. The molecule has 0 atom stereocenters. The molecule has 2 heterocycles. The Morgan fingerprint density at radius 1 is 1.13 bits per heavy atom. The molecule has 1 aromatic heterocycles. The lowest BCUT2D eigenvalue weighted by molar-refractivity contribution is 0.346. The van der Waals surface area contributed by atoms with E-state index in [9.17, 15) is 0 Å². The normalized spacial score (nSPS) is 13.7. The molecule has 7 nitrogen and oxygen atoms in total. The van der Waals surface area contributed by atoms with Crippen LogP contribution in [-0.4, -0.2) is 43.7 Å². The van der Waals surface area contributed by atoms with Crippen LogP contribution in [0.5, 0.6) is 11.5 Å². The molecule has 0 saturated heterocycles. The number of aromatic nitrogens is 1. The average Bonchev–Trinajstić information content (AvgIpc) is 3.28. The fourth-order valence-electron chi connectivity index (χ4n) is 3.67. The molecular formula is C23H26N4O3. The second-order valence-corrected chi connectivity index (χ2v) is 7.06. The first-order valence-corrected chi connectivity index (χ1v) is 9.91. The molecule has 0 bridgehead atoms. The van der Waals surface area contributed by atoms with Crippen molar-refractivity contribution in [3.8, 4) is 23.0 Å². The predicted octanol–water partition coefficient (Wildman–Crippen LogP) is 3.49. The summed E-state index contributed by atoms with van der Waals surface area (Å²) in [5.74, 6) is 2.97. The fraction of sp³-hybridized carbons (Fsp3) is 0.304. The molecule has 4 rings (SSSR count). The molecular weight excluding hydrogens is 380 g/mol. The van der Waals surface area contributed by atoms with E-state index >= 15 is 0 Å². The van der Waals surface area contributed by atoms with E-state index in [1.807, 2.05) is 30.3 Å². The third-order valence-corrected chi connectivity index (χ3v) is 5.23. The third-order valence-electron chi connectivity index (χ3n) is 5.23. The highest BCUT2D eigenvalue weighted by Crippen LogP contribution is 2.33. The molecule has 0 spiro atoms. The summed E-state index contributed by atoms with van der Waals surface area (Å²) in [6, 6.07) is 14.0. The molecule has 7 heteroatoms. The van der Waals surface area contributed by atoms with Crippen LogP contribution >= 0.6 is 0 Å². The van der Waals surface area contributed by atoms with Gasteiger partial charge in [0.05, 0.1) is 26.5 Å². The van der Waals surface area contributed by atoms with E-state index in [0.29, 0.717) is 12.4 Å². The van der Waals surface area contributed by atoms with Crippen molar-refractivity contribution in [1.29, 1.82) is 0 Å². The van der Waals surface area contributed by atoms with Gasteiger partial charge in [-0.3, -0.25) is 4.99 Å². The first-order chi connectivity index (χ1) is 14.7. The summed E-state index contributed by atoms with van der Waals surface area (Å²) >= 11 is 0. The van der Waals surface area contributed by atoms with Crippen LogP contribution < -0.4 is 14.8 Å². The molecule has 0 amide bonds. The van der Waals surface area contributed by atoms with Crippen molar-refractivity contribution in [1.82, 2.24) is 15.2 Å². The molecule has 3 aromatic rings. The number of hydrogen-bond acceptors (Lipinski definition) is 5. The van der Waals surface area contributed by atoms with Gasteiger partial charge < -0.3 is 24.1 Å². The minimum atomic E-state index is 0.540. The van der Waals surface area contributed by atoms with Gasteiger partial charge in [0.2, 0.25) is 5.89 Å². The van der Waals surface area contributed by atoms with Gasteiger partial charge >= 0.3 is 0 Å². The molecule has 0 radical (unpaired) electrons. The Kier molecular flexibility index (Phi) is 5.88. The molecule has 0 unspecified atom stereocenters. The number of ether oxygens (including phenoxy) is 2. The topological polar surface area (TPSA) is 72.1 Å². The lowest BCUT2D eigenvalue weighted by atomic mass is 9.99. The molecule has 1 aliphatic rings. The summed E-state index contributed by atoms with van der Waals surface area (Å²) in [7, 11) is 5.12. The Balaban J connectivity index is 1.43. The second kappa shape index (κ2) is 8.90. The summed E-state index contributed by atoms with van der Waals surface area (Å²) in [6.07, 6.45) is 2.60. The zero-order valence-electron chi connectivity index (χ0n) is 17.5. The van der Waals surface area contributed by atoms with E-state index in [4.69, 9.17) is 13.9 Å². The highest BCUT2D eigenvalue weighted by molar-refractivity contribution is 5.80. The Labute approximate surface area is 176 Å². The number of nitrogens with one attached hydrogen (secondary N) is 1. The van der Waals surface area contributed by atoms with E-state index in [1.165, 1.54) is 11.1 Å². The number of nitrogens with zero attached hydrogens (tertiary/aromatic N) is 3. The van der Waals surface area contributed by atoms with Crippen LogP contribution in [0.25, 0.3) is 11.5 Å². The van der Waals surface area contributed by atoms with Crippen molar-refractivity contribution >= 4 is 5.96 Å². The summed E-state index contributed by atoms with van der Waals surface area (Å²) in [5.41, 5.74) is 4.29. The Hall–Kier alpha value is -3.48. The molecule has 0 fully saturated rings. The first-order valence-electron chi connectivity index (χ1n) is 9.91. The quantitative estimate of drug-likeness (QED) is 0.517. The van der Waals surface area contributed by atoms with Gasteiger partial charge in [-0.05, 0) is 41.8 Å². The van der Waals surface area contributed by atoms with E-state index in [1.54, 1.807) is 27.5 Å². The number of guanidine groups is 1. The van der Waals surface area contributed by atoms with Crippen LogP contribution in [0.1, 0.15) is 16.8 Å². The van der Waals surface area contributed by atoms with Gasteiger partial charge in [0.1, 0.15) is 6.26 Å².